The molecule has 1 aliphatic rings. The van der Waals surface area contributed by atoms with Gasteiger partial charge >= 0.3 is 0 Å². The van der Waals surface area contributed by atoms with Crippen LogP contribution in [0.25, 0.3) is 0 Å². The predicted octanol–water partition coefficient (Wildman–Crippen LogP) is 3.36. The van der Waals surface area contributed by atoms with E-state index in [1.807, 2.05) is 0 Å². The zero-order valence-electron chi connectivity index (χ0n) is 16.2. The first-order chi connectivity index (χ1) is 14.7. The molecule has 10 heteroatoms. The van der Waals surface area contributed by atoms with Gasteiger partial charge in [-0.05, 0) is 35.9 Å². The van der Waals surface area contributed by atoms with Crippen LogP contribution in [0.15, 0.2) is 76.8 Å². The fourth-order valence-corrected chi connectivity index (χ4v) is 8.04. The molecule has 0 aliphatic carbocycles. The van der Waals surface area contributed by atoms with E-state index < -0.39 is 43.1 Å². The zero-order chi connectivity index (χ0) is 22.2. The Morgan fingerprint density at radius 2 is 1.84 bits per heavy atom. The lowest BCUT2D eigenvalue weighted by Crippen LogP contribution is -2.26. The van der Waals surface area contributed by atoms with Crippen molar-refractivity contribution in [1.29, 1.82) is 0 Å². The summed E-state index contributed by atoms with van der Waals surface area (Å²) in [6.07, 6.45) is 3.15. The van der Waals surface area contributed by atoms with Gasteiger partial charge in [-0.15, -0.1) is 0 Å². The summed E-state index contributed by atoms with van der Waals surface area (Å²) in [5, 5.41) is 11.7. The second-order valence-electron chi connectivity index (χ2n) is 7.10. The molecule has 31 heavy (non-hydrogen) atoms. The molecule has 1 amide bonds. The van der Waals surface area contributed by atoms with E-state index in [1.54, 1.807) is 42.7 Å². The fraction of sp³-hybridized carbons (Fsp3) is 0.143. The van der Waals surface area contributed by atoms with Crippen molar-refractivity contribution in [2.24, 2.45) is 0 Å². The lowest BCUT2D eigenvalue weighted by molar-refractivity contribution is 0.0947. The molecule has 4 rings (SSSR count). The molecule has 2 heterocycles. The van der Waals surface area contributed by atoms with E-state index in [0.29, 0.717) is 5.56 Å². The molecule has 8 nitrogen and oxygen atoms in total. The fourth-order valence-electron chi connectivity index (χ4n) is 3.61. The Kier molecular flexibility index (Phi) is 5.48. The topological polar surface area (TPSA) is 137 Å². The number of aromatic nitrogens is 1. The number of pyridine rings is 1. The summed E-state index contributed by atoms with van der Waals surface area (Å²) in [5.41, 5.74) is 0.358. The lowest BCUT2D eigenvalue weighted by atomic mass is 10.0. The molecular formula is C21H20N2O6S2. The summed E-state index contributed by atoms with van der Waals surface area (Å²) >= 11 is 0. The maximum Gasteiger partial charge on any atom is 0.255 e. The van der Waals surface area contributed by atoms with Crippen molar-refractivity contribution in [2.75, 3.05) is 5.75 Å². The SMILES string of the molecule is O=C(NCc1cccnc1)c1c(O)ccc2c1C(S(=O)(=O)c1ccccc1)CS2(O)O. The van der Waals surface area contributed by atoms with Gasteiger partial charge in [0.2, 0.25) is 0 Å². The number of hydrogen-bond acceptors (Lipinski definition) is 7. The maximum atomic E-state index is 13.3. The van der Waals surface area contributed by atoms with Gasteiger partial charge in [0.15, 0.2) is 9.84 Å². The zero-order valence-corrected chi connectivity index (χ0v) is 17.8. The van der Waals surface area contributed by atoms with Gasteiger partial charge in [0.1, 0.15) is 11.0 Å². The highest BCUT2D eigenvalue weighted by Gasteiger charge is 2.46. The van der Waals surface area contributed by atoms with Crippen molar-refractivity contribution < 1.29 is 27.4 Å². The van der Waals surface area contributed by atoms with Crippen molar-refractivity contribution in [3.05, 3.63) is 83.7 Å². The highest BCUT2D eigenvalue weighted by atomic mass is 32.3. The molecule has 162 valence electrons. The Labute approximate surface area is 180 Å². The first kappa shape index (κ1) is 21.3. The smallest absolute Gasteiger partial charge is 0.255 e. The third-order valence-corrected chi connectivity index (χ3v) is 9.24. The number of benzene rings is 2. The number of nitrogens with zero attached hydrogens (tertiary/aromatic N) is 1. The number of aromatic hydroxyl groups is 1. The monoisotopic (exact) mass is 460 g/mol. The summed E-state index contributed by atoms with van der Waals surface area (Å²) in [4.78, 5) is 16.9. The van der Waals surface area contributed by atoms with Gasteiger partial charge in [0.05, 0.1) is 21.1 Å². The van der Waals surface area contributed by atoms with Crippen LogP contribution in [0.3, 0.4) is 0 Å². The molecule has 1 atom stereocenters. The van der Waals surface area contributed by atoms with Gasteiger partial charge in [-0.3, -0.25) is 18.9 Å². The number of amides is 1. The van der Waals surface area contributed by atoms with Crippen LogP contribution in [0, 0.1) is 0 Å². The normalized spacial score (nSPS) is 18.2. The van der Waals surface area contributed by atoms with Gasteiger partial charge in [-0.1, -0.05) is 24.3 Å². The van der Waals surface area contributed by atoms with E-state index in [0.717, 1.165) is 0 Å². The number of hydrogen-bond donors (Lipinski definition) is 4. The van der Waals surface area contributed by atoms with Crippen LogP contribution in [-0.4, -0.2) is 39.3 Å². The van der Waals surface area contributed by atoms with E-state index in [-0.39, 0.29) is 27.5 Å². The molecule has 0 radical (unpaired) electrons. The van der Waals surface area contributed by atoms with Crippen LogP contribution in [-0.2, 0) is 16.4 Å². The van der Waals surface area contributed by atoms with Gasteiger partial charge in [-0.2, -0.15) is 10.6 Å². The molecule has 2 aromatic carbocycles. The Hall–Kier alpha value is -2.92. The van der Waals surface area contributed by atoms with Crippen LogP contribution in [0.1, 0.15) is 26.7 Å². The standard InChI is InChI=1S/C21H20N2O6S2/c24-16-8-9-17-20(19(16)21(25)23-12-14-5-4-10-22-11-14)18(13-30(17,26)27)31(28,29)15-6-2-1-3-7-15/h1-11,18,24,26-27H,12-13H2,(H,23,25). The number of carbonyl (C=O) groups excluding carboxylic acids is 1. The summed E-state index contributed by atoms with van der Waals surface area (Å²) < 4.78 is 47.8. The number of sulfone groups is 1. The molecule has 1 aliphatic heterocycles. The van der Waals surface area contributed by atoms with Crippen LogP contribution in [0.5, 0.6) is 5.75 Å². The summed E-state index contributed by atoms with van der Waals surface area (Å²) in [6.45, 7) is 0.0993. The first-order valence-corrected chi connectivity index (χ1v) is 12.6. The van der Waals surface area contributed by atoms with Gasteiger partial charge in [0, 0.05) is 24.5 Å². The van der Waals surface area contributed by atoms with Crippen molar-refractivity contribution in [2.45, 2.75) is 21.6 Å². The van der Waals surface area contributed by atoms with Crippen molar-refractivity contribution in [1.82, 2.24) is 10.3 Å². The third-order valence-electron chi connectivity index (χ3n) is 5.09. The second-order valence-corrected chi connectivity index (χ2v) is 11.3. The summed E-state index contributed by atoms with van der Waals surface area (Å²) in [6, 6.07) is 13.5. The quantitative estimate of drug-likeness (QED) is 0.458. The molecule has 4 N–H and O–H groups in total. The second kappa shape index (κ2) is 7.97. The van der Waals surface area contributed by atoms with Gasteiger partial charge in [0.25, 0.3) is 5.91 Å². The minimum atomic E-state index is -4.06. The van der Waals surface area contributed by atoms with Crippen LogP contribution in [0.2, 0.25) is 0 Å². The van der Waals surface area contributed by atoms with Gasteiger partial charge in [-0.25, -0.2) is 8.42 Å². The Balaban J connectivity index is 1.79. The average molecular weight is 461 g/mol. The number of fused-ring (bicyclic) bond motifs is 1. The van der Waals surface area contributed by atoms with E-state index in [2.05, 4.69) is 10.3 Å². The number of phenolic OH excluding ortho intramolecular Hbond substituents is 1. The molecule has 0 spiro atoms. The van der Waals surface area contributed by atoms with Gasteiger partial charge < -0.3 is 10.4 Å². The van der Waals surface area contributed by atoms with E-state index in [9.17, 15) is 27.4 Å². The van der Waals surface area contributed by atoms with Crippen molar-refractivity contribution in [3.63, 3.8) is 0 Å². The van der Waals surface area contributed by atoms with Crippen molar-refractivity contribution in [3.8, 4) is 5.75 Å². The molecule has 1 unspecified atom stereocenters. The highest BCUT2D eigenvalue weighted by Crippen LogP contribution is 2.62. The molecule has 0 saturated heterocycles. The van der Waals surface area contributed by atoms with Crippen LogP contribution >= 0.6 is 10.6 Å². The number of phenols is 1. The summed E-state index contributed by atoms with van der Waals surface area (Å²) in [5.74, 6) is -1.64. The molecular weight excluding hydrogens is 440 g/mol. The lowest BCUT2D eigenvalue weighted by Gasteiger charge is -2.27. The predicted molar refractivity (Wildman–Crippen MR) is 116 cm³/mol. The number of carbonyl (C=O) groups is 1. The van der Waals surface area contributed by atoms with E-state index in [4.69, 9.17) is 0 Å². The van der Waals surface area contributed by atoms with Crippen LogP contribution < -0.4 is 5.32 Å². The molecule has 3 aromatic rings. The van der Waals surface area contributed by atoms with E-state index >= 15 is 0 Å². The largest absolute Gasteiger partial charge is 0.507 e. The molecule has 1 aromatic heterocycles. The Bertz CT molecular complexity index is 1230. The average Bonchev–Trinajstić information content (AvgIpc) is 3.04. The minimum Gasteiger partial charge on any atom is -0.507 e. The number of nitrogens with one attached hydrogen (secondary N) is 1. The Morgan fingerprint density at radius 1 is 1.10 bits per heavy atom. The minimum absolute atomic E-state index is 0.00638. The molecule has 0 saturated carbocycles. The maximum absolute atomic E-state index is 13.3. The molecule has 0 bridgehead atoms. The van der Waals surface area contributed by atoms with E-state index in [1.165, 1.54) is 24.3 Å². The molecule has 0 fully saturated rings. The highest BCUT2D eigenvalue weighted by molar-refractivity contribution is 8.25. The van der Waals surface area contributed by atoms with Crippen LogP contribution in [0.4, 0.5) is 0 Å². The first-order valence-electron chi connectivity index (χ1n) is 9.29. The third kappa shape index (κ3) is 3.90. The summed E-state index contributed by atoms with van der Waals surface area (Å²) in [7, 11) is -7.53. The number of rotatable bonds is 5. The van der Waals surface area contributed by atoms with Crippen molar-refractivity contribution >= 4 is 26.3 Å². The Morgan fingerprint density at radius 3 is 2.52 bits per heavy atom.